The maximum absolute atomic E-state index is 13.5. The number of rotatable bonds is 4. The first-order valence-electron chi connectivity index (χ1n) is 11.7. The zero-order valence-electron chi connectivity index (χ0n) is 21.8. The lowest BCUT2D eigenvalue weighted by atomic mass is 10.1. The van der Waals surface area contributed by atoms with Gasteiger partial charge in [-0.2, -0.15) is 17.4 Å². The Labute approximate surface area is 196 Å². The predicted octanol–water partition coefficient (Wildman–Crippen LogP) is 3.16. The second-order valence-corrected chi connectivity index (χ2v) is 9.62. The lowest BCUT2D eigenvalue weighted by Gasteiger charge is -2.35. The molecule has 1 aromatic carbocycles. The van der Waals surface area contributed by atoms with Crippen molar-refractivity contribution in [3.8, 4) is 10.6 Å². The molecule has 0 saturated carbocycles. The summed E-state index contributed by atoms with van der Waals surface area (Å²) in [6.45, 7) is -2.47. The van der Waals surface area contributed by atoms with Crippen LogP contribution in [0.25, 0.3) is 10.6 Å². The molecule has 1 aliphatic heterocycles. The monoisotopic (exact) mass is 489 g/mol. The molecule has 4 rings (SSSR count). The van der Waals surface area contributed by atoms with Crippen molar-refractivity contribution in [2.24, 2.45) is 6.98 Å². The summed E-state index contributed by atoms with van der Waals surface area (Å²) in [4.78, 5) is 17.6. The first kappa shape index (κ1) is 15.5. The molecule has 2 aromatic heterocycles. The number of hydrogen-bond acceptors (Lipinski definition) is 5. The van der Waals surface area contributed by atoms with Gasteiger partial charge in [0.05, 0.1) is 30.7 Å². The molecule has 3 aromatic rings. The summed E-state index contributed by atoms with van der Waals surface area (Å²) in [6, 6.07) is 0.660. The van der Waals surface area contributed by atoms with Gasteiger partial charge in [-0.3, -0.25) is 4.79 Å². The van der Waals surface area contributed by atoms with Crippen LogP contribution in [0.3, 0.4) is 0 Å². The summed E-state index contributed by atoms with van der Waals surface area (Å²) >= 11 is 6.59. The van der Waals surface area contributed by atoms with Gasteiger partial charge in [0, 0.05) is 36.3 Å². The maximum atomic E-state index is 13.5. The number of nitrogens with one attached hydrogen (secondary N) is 2. The number of carbonyl (C=O) groups is 1. The van der Waals surface area contributed by atoms with Crippen LogP contribution >= 0.6 is 22.9 Å². The number of carbonyl (C=O) groups excluding carboxylic acids is 1. The summed E-state index contributed by atoms with van der Waals surface area (Å²) in [5.41, 5.74) is 0.190. The number of amides is 1. The van der Waals surface area contributed by atoms with Crippen LogP contribution in [0.2, 0.25) is 5.02 Å². The van der Waals surface area contributed by atoms with Gasteiger partial charge in [0.2, 0.25) is 5.91 Å². The molecular formula is C19H19ClFN5O3S2. The van der Waals surface area contributed by atoms with E-state index in [1.807, 2.05) is 0 Å². The zero-order valence-corrected chi connectivity index (χ0v) is 18.1. The Kier molecular flexibility index (Phi) is 4.16. The third-order valence-corrected chi connectivity index (χ3v) is 7.16. The number of imidazole rings is 1. The fourth-order valence-electron chi connectivity index (χ4n) is 2.76. The zero-order chi connectivity index (χ0) is 27.6. The largest absolute Gasteiger partial charge is 0.340 e. The van der Waals surface area contributed by atoms with Crippen molar-refractivity contribution in [3.63, 3.8) is 0 Å². The molecule has 1 aliphatic rings. The van der Waals surface area contributed by atoms with Crippen molar-refractivity contribution in [3.05, 3.63) is 58.6 Å². The maximum Gasteiger partial charge on any atom is 0.280 e. The van der Waals surface area contributed by atoms with Crippen molar-refractivity contribution < 1.29 is 25.8 Å². The molecule has 3 unspecified atom stereocenters. The highest BCUT2D eigenvalue weighted by atomic mass is 35.5. The molecule has 31 heavy (non-hydrogen) atoms. The third kappa shape index (κ3) is 4.51. The van der Waals surface area contributed by atoms with E-state index in [4.69, 9.17) is 19.8 Å². The number of thiophene rings is 1. The number of aromatic nitrogens is 2. The van der Waals surface area contributed by atoms with E-state index < -0.39 is 47.3 Å². The molecule has 1 amide bonds. The molecule has 0 spiro atoms. The predicted molar refractivity (Wildman–Crippen MR) is 118 cm³/mol. The van der Waals surface area contributed by atoms with Crippen LogP contribution in [-0.2, 0) is 22.0 Å². The summed E-state index contributed by atoms with van der Waals surface area (Å²) in [5.74, 6) is -2.02. The molecule has 1 fully saturated rings. The fraction of sp³-hybridized carbons (Fsp3) is 0.263. The van der Waals surface area contributed by atoms with Gasteiger partial charge in [-0.25, -0.2) is 9.37 Å². The van der Waals surface area contributed by atoms with Crippen molar-refractivity contribution in [1.82, 2.24) is 18.6 Å². The summed E-state index contributed by atoms with van der Waals surface area (Å²) in [7, 11) is -3.70. The molecule has 164 valence electrons. The summed E-state index contributed by atoms with van der Waals surface area (Å²) < 4.78 is 91.5. The molecule has 3 heterocycles. The van der Waals surface area contributed by atoms with E-state index in [0.29, 0.717) is 9.18 Å². The Balaban J connectivity index is 1.72. The Hall–Kier alpha value is -2.31. The van der Waals surface area contributed by atoms with Crippen molar-refractivity contribution >= 4 is 44.7 Å². The van der Waals surface area contributed by atoms with Crippen molar-refractivity contribution in [1.29, 1.82) is 0 Å². The van der Waals surface area contributed by atoms with E-state index >= 15 is 0 Å². The standard InChI is InChI=1S/C19H19ClFN5O3S2/c1-25-9-15(22-10-25)18-6-5-17(30-18)14-8-16(26(2)31(28,29)24-14)19(27)23-11-3-4-13(21)12(20)7-11/h3-7,9-10,14,16,24H,8H2,1-2H3,(H,23,27)/i1D3,8D,14D,16D. The Morgan fingerprint density at radius 2 is 2.29 bits per heavy atom. The average Bonchev–Trinajstić information content (AvgIpc) is 3.48. The van der Waals surface area contributed by atoms with Crippen LogP contribution in [0.5, 0.6) is 0 Å². The number of anilines is 1. The van der Waals surface area contributed by atoms with Gasteiger partial charge in [-0.1, -0.05) is 11.6 Å². The van der Waals surface area contributed by atoms with Crippen LogP contribution in [0.4, 0.5) is 10.1 Å². The quantitative estimate of drug-likeness (QED) is 0.588. The van der Waals surface area contributed by atoms with E-state index in [1.54, 1.807) is 0 Å². The van der Waals surface area contributed by atoms with E-state index in [0.717, 1.165) is 47.5 Å². The second kappa shape index (κ2) is 8.32. The molecule has 8 nitrogen and oxygen atoms in total. The van der Waals surface area contributed by atoms with Gasteiger partial charge in [0.15, 0.2) is 0 Å². The number of hydrogen-bond donors (Lipinski definition) is 2. The van der Waals surface area contributed by atoms with Crippen molar-refractivity contribution in [2.75, 3.05) is 12.4 Å². The first-order chi connectivity index (χ1) is 17.0. The average molecular weight is 490 g/mol. The minimum atomic E-state index is -4.63. The van der Waals surface area contributed by atoms with Gasteiger partial charge in [0.25, 0.3) is 10.2 Å². The summed E-state index contributed by atoms with van der Waals surface area (Å²) in [6.07, 6.45) is 0.326. The molecule has 2 N–H and O–H groups in total. The Morgan fingerprint density at radius 3 is 3.00 bits per heavy atom. The lowest BCUT2D eigenvalue weighted by Crippen LogP contribution is -2.55. The molecule has 0 radical (unpaired) electrons. The van der Waals surface area contributed by atoms with Crippen LogP contribution in [0.1, 0.15) is 25.5 Å². The number of likely N-dealkylation sites (N-methyl/N-ethyl adjacent to an activating group) is 1. The molecule has 1 saturated heterocycles. The van der Waals surface area contributed by atoms with Crippen LogP contribution in [-0.4, -0.2) is 41.2 Å². The summed E-state index contributed by atoms with van der Waals surface area (Å²) in [5, 5.41) is 1.95. The number of aryl methyl sites for hydroxylation is 1. The fourth-order valence-corrected chi connectivity index (χ4v) is 4.93. The van der Waals surface area contributed by atoms with Gasteiger partial charge in [-0.05, 0) is 36.7 Å². The minimum absolute atomic E-state index is 0.0307. The molecular weight excluding hydrogens is 465 g/mol. The number of benzene rings is 1. The smallest absolute Gasteiger partial charge is 0.280 e. The Morgan fingerprint density at radius 1 is 1.48 bits per heavy atom. The minimum Gasteiger partial charge on any atom is -0.340 e. The highest BCUT2D eigenvalue weighted by Gasteiger charge is 2.41. The van der Waals surface area contributed by atoms with E-state index in [-0.39, 0.29) is 21.3 Å². The van der Waals surface area contributed by atoms with Crippen LogP contribution in [0.15, 0.2) is 42.9 Å². The second-order valence-electron chi connectivity index (χ2n) is 6.43. The van der Waals surface area contributed by atoms with E-state index in [1.165, 1.54) is 18.3 Å². The van der Waals surface area contributed by atoms with Gasteiger partial charge < -0.3 is 9.88 Å². The van der Waals surface area contributed by atoms with Crippen LogP contribution in [0, 0.1) is 5.82 Å². The number of nitrogens with zero attached hydrogens (tertiary/aromatic N) is 3. The molecule has 12 heteroatoms. The highest BCUT2D eigenvalue weighted by molar-refractivity contribution is 7.87. The van der Waals surface area contributed by atoms with E-state index in [2.05, 4.69) is 15.0 Å². The van der Waals surface area contributed by atoms with Crippen molar-refractivity contribution in [2.45, 2.75) is 18.4 Å². The normalized spacial score (nSPS) is 31.5. The topological polar surface area (TPSA) is 96.3 Å². The molecule has 0 bridgehead atoms. The highest BCUT2D eigenvalue weighted by Crippen LogP contribution is 2.35. The Bertz CT molecular complexity index is 1480. The third-order valence-electron chi connectivity index (χ3n) is 4.34. The van der Waals surface area contributed by atoms with E-state index in [9.17, 15) is 17.6 Å². The van der Waals surface area contributed by atoms with Crippen LogP contribution < -0.4 is 10.0 Å². The van der Waals surface area contributed by atoms with Gasteiger partial charge in [0.1, 0.15) is 11.8 Å². The lowest BCUT2D eigenvalue weighted by molar-refractivity contribution is -0.120. The number of halogens is 2. The SMILES string of the molecule is [2H]C1C([2H])(c2ccc(-c3cn(C([2H])([2H])[2H])cn3)s2)NS(=O)(=O)N(C)C1([2H])C(=O)Nc1ccc(F)c(Cl)c1. The molecule has 0 aliphatic carbocycles. The first-order valence-corrected chi connectivity index (χ1v) is 11.3. The molecule has 3 atom stereocenters. The van der Waals surface area contributed by atoms with Gasteiger partial charge in [-0.15, -0.1) is 11.3 Å². The van der Waals surface area contributed by atoms with Gasteiger partial charge >= 0.3 is 0 Å².